The summed E-state index contributed by atoms with van der Waals surface area (Å²) in [4.78, 5) is 38.8. The molecule has 2 aliphatic rings. The highest BCUT2D eigenvalue weighted by Crippen LogP contribution is 2.29. The summed E-state index contributed by atoms with van der Waals surface area (Å²) in [6, 6.07) is 3.23. The Morgan fingerprint density at radius 1 is 1.03 bits per heavy atom. The molecule has 3 atom stereocenters. The number of hydrogen-bond acceptors (Lipinski definition) is 6. The molecule has 3 amide bonds. The lowest BCUT2D eigenvalue weighted by Crippen LogP contribution is -2.55. The lowest BCUT2D eigenvalue weighted by molar-refractivity contribution is -0.134. The van der Waals surface area contributed by atoms with E-state index < -0.39 is 18.0 Å². The maximum Gasteiger partial charge on any atom is 0.243 e. The van der Waals surface area contributed by atoms with Crippen LogP contribution >= 0.6 is 0 Å². The summed E-state index contributed by atoms with van der Waals surface area (Å²) < 4.78 is 10.4. The molecule has 3 unspecified atom stereocenters. The monoisotopic (exact) mass is 503 g/mol. The Kier molecular flexibility index (Phi) is 10.4. The molecule has 1 aromatic rings. The molecule has 2 fully saturated rings. The molecule has 1 aliphatic heterocycles. The molecule has 200 valence electrons. The van der Waals surface area contributed by atoms with Crippen LogP contribution in [0.25, 0.3) is 0 Å². The number of amides is 3. The van der Waals surface area contributed by atoms with Crippen LogP contribution in [0.3, 0.4) is 0 Å². The maximum absolute atomic E-state index is 13.3. The molecule has 4 N–H and O–H groups in total. The van der Waals surface area contributed by atoms with E-state index in [0.717, 1.165) is 6.42 Å². The standard InChI is InChI=1S/C27H41N3O6/c1-17(14-19-6-4-5-7-19)28-27(34)22(15-20-8-9-24(35-3)23(31)16-20)30-25(32)18(2)29-26(33)21-10-12-36-13-11-21/h8-9,16-19,21-22,31H,4-7,10-15H2,1-3H3,(H,28,34)(H,29,33)(H,30,32). The third-order valence-electron chi connectivity index (χ3n) is 7.21. The quantitative estimate of drug-likeness (QED) is 0.368. The minimum atomic E-state index is -0.862. The van der Waals surface area contributed by atoms with Gasteiger partial charge in [0.05, 0.1) is 7.11 Å². The summed E-state index contributed by atoms with van der Waals surface area (Å²) >= 11 is 0. The van der Waals surface area contributed by atoms with E-state index in [0.29, 0.717) is 43.3 Å². The van der Waals surface area contributed by atoms with Gasteiger partial charge in [0.15, 0.2) is 11.5 Å². The van der Waals surface area contributed by atoms with Crippen molar-refractivity contribution < 1.29 is 29.0 Å². The Labute approximate surface area is 213 Å². The van der Waals surface area contributed by atoms with E-state index in [4.69, 9.17) is 9.47 Å². The average molecular weight is 504 g/mol. The van der Waals surface area contributed by atoms with Crippen LogP contribution < -0.4 is 20.7 Å². The van der Waals surface area contributed by atoms with Gasteiger partial charge in [-0.15, -0.1) is 0 Å². The third-order valence-corrected chi connectivity index (χ3v) is 7.21. The number of hydrogen-bond donors (Lipinski definition) is 4. The second-order valence-corrected chi connectivity index (χ2v) is 10.2. The van der Waals surface area contributed by atoms with Crippen LogP contribution in [-0.4, -0.2) is 61.3 Å². The largest absolute Gasteiger partial charge is 0.504 e. The van der Waals surface area contributed by atoms with Crippen LogP contribution in [0.2, 0.25) is 0 Å². The van der Waals surface area contributed by atoms with Crippen LogP contribution in [0.15, 0.2) is 18.2 Å². The zero-order valence-electron chi connectivity index (χ0n) is 21.7. The predicted octanol–water partition coefficient (Wildman–Crippen LogP) is 2.44. The molecule has 0 spiro atoms. The molecular formula is C27H41N3O6. The molecular weight excluding hydrogens is 462 g/mol. The van der Waals surface area contributed by atoms with Crippen LogP contribution in [0, 0.1) is 11.8 Å². The maximum atomic E-state index is 13.3. The molecule has 1 aromatic carbocycles. The summed E-state index contributed by atoms with van der Waals surface area (Å²) in [6.45, 7) is 4.68. The van der Waals surface area contributed by atoms with E-state index in [1.54, 1.807) is 19.1 Å². The molecule has 36 heavy (non-hydrogen) atoms. The van der Waals surface area contributed by atoms with Crippen molar-refractivity contribution in [3.05, 3.63) is 23.8 Å². The number of ether oxygens (including phenoxy) is 2. The van der Waals surface area contributed by atoms with Crippen molar-refractivity contribution in [2.24, 2.45) is 11.8 Å². The molecule has 1 aliphatic carbocycles. The number of nitrogens with one attached hydrogen (secondary N) is 3. The van der Waals surface area contributed by atoms with Crippen molar-refractivity contribution in [1.82, 2.24) is 16.0 Å². The molecule has 9 heteroatoms. The van der Waals surface area contributed by atoms with Crippen LogP contribution in [0.4, 0.5) is 0 Å². The van der Waals surface area contributed by atoms with Gasteiger partial charge in [-0.05, 0) is 56.7 Å². The smallest absolute Gasteiger partial charge is 0.243 e. The Morgan fingerprint density at radius 3 is 2.36 bits per heavy atom. The molecule has 0 aromatic heterocycles. The first-order valence-corrected chi connectivity index (χ1v) is 13.1. The Bertz CT molecular complexity index is 895. The van der Waals surface area contributed by atoms with E-state index >= 15 is 0 Å². The zero-order valence-corrected chi connectivity index (χ0v) is 21.7. The Hall–Kier alpha value is -2.81. The van der Waals surface area contributed by atoms with Gasteiger partial charge in [0.2, 0.25) is 17.7 Å². The molecule has 0 radical (unpaired) electrons. The van der Waals surface area contributed by atoms with E-state index in [2.05, 4.69) is 16.0 Å². The van der Waals surface area contributed by atoms with Gasteiger partial charge in [-0.25, -0.2) is 0 Å². The fourth-order valence-corrected chi connectivity index (χ4v) is 5.11. The first kappa shape index (κ1) is 27.8. The van der Waals surface area contributed by atoms with Crippen molar-refractivity contribution in [3.8, 4) is 11.5 Å². The van der Waals surface area contributed by atoms with Crippen molar-refractivity contribution in [2.75, 3.05) is 20.3 Å². The van der Waals surface area contributed by atoms with Gasteiger partial charge >= 0.3 is 0 Å². The lowest BCUT2D eigenvalue weighted by atomic mass is 9.98. The van der Waals surface area contributed by atoms with Gasteiger partial charge in [-0.1, -0.05) is 31.7 Å². The fraction of sp³-hybridized carbons (Fsp3) is 0.667. The number of carbonyl (C=O) groups is 3. The highest BCUT2D eigenvalue weighted by molar-refractivity contribution is 5.92. The van der Waals surface area contributed by atoms with Crippen LogP contribution in [0.1, 0.15) is 64.4 Å². The predicted molar refractivity (Wildman–Crippen MR) is 136 cm³/mol. The number of benzene rings is 1. The summed E-state index contributed by atoms with van der Waals surface area (Å²) in [6.07, 6.45) is 7.21. The highest BCUT2D eigenvalue weighted by Gasteiger charge is 2.29. The van der Waals surface area contributed by atoms with E-state index in [-0.39, 0.29) is 35.9 Å². The summed E-state index contributed by atoms with van der Waals surface area (Å²) in [5.74, 6) is -0.152. The Morgan fingerprint density at radius 2 is 1.72 bits per heavy atom. The van der Waals surface area contributed by atoms with E-state index in [9.17, 15) is 19.5 Å². The van der Waals surface area contributed by atoms with Crippen molar-refractivity contribution >= 4 is 17.7 Å². The number of rotatable bonds is 11. The fourth-order valence-electron chi connectivity index (χ4n) is 5.11. The van der Waals surface area contributed by atoms with Crippen LogP contribution in [-0.2, 0) is 25.5 Å². The van der Waals surface area contributed by atoms with Gasteiger partial charge in [-0.3, -0.25) is 14.4 Å². The van der Waals surface area contributed by atoms with Crippen molar-refractivity contribution in [1.29, 1.82) is 0 Å². The summed E-state index contributed by atoms with van der Waals surface area (Å²) in [5, 5.41) is 18.8. The minimum Gasteiger partial charge on any atom is -0.504 e. The van der Waals surface area contributed by atoms with Gasteiger partial charge in [-0.2, -0.15) is 0 Å². The molecule has 1 saturated heterocycles. The number of phenols is 1. The molecule has 9 nitrogen and oxygen atoms in total. The average Bonchev–Trinajstić information content (AvgIpc) is 3.37. The van der Waals surface area contributed by atoms with Crippen molar-refractivity contribution in [2.45, 2.75) is 83.3 Å². The third kappa shape index (κ3) is 8.11. The van der Waals surface area contributed by atoms with Crippen LogP contribution in [0.5, 0.6) is 11.5 Å². The van der Waals surface area contributed by atoms with E-state index in [1.165, 1.54) is 38.9 Å². The number of aromatic hydroxyl groups is 1. The zero-order chi connectivity index (χ0) is 26.1. The molecule has 1 heterocycles. The van der Waals surface area contributed by atoms with Gasteiger partial charge in [0.1, 0.15) is 12.1 Å². The number of phenolic OH excluding ortho intramolecular Hbond substituents is 1. The Balaban J connectivity index is 1.65. The first-order chi connectivity index (χ1) is 17.3. The lowest BCUT2D eigenvalue weighted by Gasteiger charge is -2.26. The first-order valence-electron chi connectivity index (χ1n) is 13.1. The molecule has 1 saturated carbocycles. The SMILES string of the molecule is COc1ccc(CC(NC(=O)C(C)NC(=O)C2CCOCC2)C(=O)NC(C)CC2CCCC2)cc1O. The normalized spacial score (nSPS) is 19.2. The minimum absolute atomic E-state index is 0.0186. The molecule has 3 rings (SSSR count). The van der Waals surface area contributed by atoms with Gasteiger partial charge in [0, 0.05) is 31.6 Å². The van der Waals surface area contributed by atoms with Gasteiger partial charge in [0.25, 0.3) is 0 Å². The molecule has 0 bridgehead atoms. The summed E-state index contributed by atoms with van der Waals surface area (Å²) in [5.41, 5.74) is 0.677. The second kappa shape index (κ2) is 13.5. The topological polar surface area (TPSA) is 126 Å². The van der Waals surface area contributed by atoms with E-state index in [1.807, 2.05) is 6.92 Å². The van der Waals surface area contributed by atoms with Crippen molar-refractivity contribution in [3.63, 3.8) is 0 Å². The van der Waals surface area contributed by atoms with Gasteiger partial charge < -0.3 is 30.5 Å². The summed E-state index contributed by atoms with van der Waals surface area (Å²) in [7, 11) is 1.47. The highest BCUT2D eigenvalue weighted by atomic mass is 16.5. The second-order valence-electron chi connectivity index (χ2n) is 10.2. The number of carbonyl (C=O) groups excluding carboxylic acids is 3. The number of methoxy groups -OCH3 is 1.